The minimum Gasteiger partial charge on any atom is -0.396 e. The van der Waals surface area contributed by atoms with E-state index in [1.807, 2.05) is 22.9 Å². The highest BCUT2D eigenvalue weighted by atomic mass is 79.9. The average Bonchev–Trinajstić information content (AvgIpc) is 2.63. The molecule has 2 N–H and O–H groups in total. The molecule has 1 heterocycles. The molecule has 1 aromatic heterocycles. The van der Waals surface area contributed by atoms with Crippen LogP contribution in [0.3, 0.4) is 0 Å². The summed E-state index contributed by atoms with van der Waals surface area (Å²) in [5, 5.41) is 4.34. The number of anilines is 1. The Labute approximate surface area is 110 Å². The van der Waals surface area contributed by atoms with Crippen LogP contribution in [-0.2, 0) is 6.54 Å². The van der Waals surface area contributed by atoms with Gasteiger partial charge in [0.15, 0.2) is 0 Å². The van der Waals surface area contributed by atoms with Crippen molar-refractivity contribution in [2.45, 2.75) is 26.3 Å². The summed E-state index contributed by atoms with van der Waals surface area (Å²) < 4.78 is 3.07. The molecule has 0 aliphatic carbocycles. The van der Waals surface area contributed by atoms with E-state index in [9.17, 15) is 0 Å². The molecule has 0 amide bonds. The fourth-order valence-electron chi connectivity index (χ4n) is 1.95. The fraction of sp³-hybridized carbons (Fsp3) is 0.308. The van der Waals surface area contributed by atoms with Crippen molar-refractivity contribution in [3.8, 4) is 0 Å². The largest absolute Gasteiger partial charge is 0.396 e. The topological polar surface area (TPSA) is 43.8 Å². The third kappa shape index (κ3) is 2.52. The molecule has 0 radical (unpaired) electrons. The second kappa shape index (κ2) is 4.92. The molecule has 90 valence electrons. The van der Waals surface area contributed by atoms with E-state index in [2.05, 4.69) is 40.9 Å². The van der Waals surface area contributed by atoms with E-state index in [1.54, 1.807) is 6.20 Å². The Balaban J connectivity index is 2.34. The molecule has 0 aliphatic heterocycles. The molecule has 0 spiro atoms. The van der Waals surface area contributed by atoms with E-state index in [0.717, 1.165) is 22.4 Å². The van der Waals surface area contributed by atoms with Crippen LogP contribution in [0.5, 0.6) is 0 Å². The van der Waals surface area contributed by atoms with Gasteiger partial charge in [0.25, 0.3) is 0 Å². The first-order valence-corrected chi connectivity index (χ1v) is 6.43. The summed E-state index contributed by atoms with van der Waals surface area (Å²) in [6.45, 7) is 5.00. The molecule has 0 saturated heterocycles. The molecule has 0 atom stereocenters. The average molecular weight is 294 g/mol. The number of nitrogens with two attached hydrogens (primary N) is 1. The Hall–Kier alpha value is -1.29. The standard InChI is InChI=1S/C13H16BrN3/c1-9(2)13-12(15)7-16-17(13)8-10-5-3-4-6-11(10)14/h3-7,9H,8,15H2,1-2H3. The monoisotopic (exact) mass is 293 g/mol. The molecule has 0 unspecified atom stereocenters. The maximum Gasteiger partial charge on any atom is 0.0735 e. The van der Waals surface area contributed by atoms with Crippen LogP contribution in [0.1, 0.15) is 31.0 Å². The molecule has 2 rings (SSSR count). The van der Waals surface area contributed by atoms with Crippen LogP contribution in [0.15, 0.2) is 34.9 Å². The molecular weight excluding hydrogens is 278 g/mol. The van der Waals surface area contributed by atoms with Crippen LogP contribution in [0, 0.1) is 0 Å². The first-order chi connectivity index (χ1) is 8.09. The lowest BCUT2D eigenvalue weighted by atomic mass is 10.1. The number of nitrogens with zero attached hydrogens (tertiary/aromatic N) is 2. The summed E-state index contributed by atoms with van der Waals surface area (Å²) in [5.74, 6) is 0.375. The van der Waals surface area contributed by atoms with Crippen LogP contribution in [0.2, 0.25) is 0 Å². The normalized spacial score (nSPS) is 11.1. The first kappa shape index (κ1) is 12.2. The van der Waals surface area contributed by atoms with Gasteiger partial charge in [0.05, 0.1) is 24.1 Å². The molecule has 0 fully saturated rings. The Morgan fingerprint density at radius 1 is 1.35 bits per heavy atom. The van der Waals surface area contributed by atoms with Crippen LogP contribution in [-0.4, -0.2) is 9.78 Å². The second-order valence-corrected chi connectivity index (χ2v) is 5.24. The van der Waals surface area contributed by atoms with E-state index in [1.165, 1.54) is 5.56 Å². The van der Waals surface area contributed by atoms with Gasteiger partial charge in [-0.1, -0.05) is 48.0 Å². The van der Waals surface area contributed by atoms with Crippen molar-refractivity contribution in [3.63, 3.8) is 0 Å². The molecule has 17 heavy (non-hydrogen) atoms. The number of halogens is 1. The molecule has 2 aromatic rings. The Bertz CT molecular complexity index is 517. The van der Waals surface area contributed by atoms with Crippen LogP contribution in [0.25, 0.3) is 0 Å². The molecule has 3 nitrogen and oxygen atoms in total. The third-order valence-electron chi connectivity index (χ3n) is 2.73. The number of nitrogen functional groups attached to an aromatic ring is 1. The lowest BCUT2D eigenvalue weighted by molar-refractivity contribution is 0.617. The number of benzene rings is 1. The van der Waals surface area contributed by atoms with Gasteiger partial charge >= 0.3 is 0 Å². The first-order valence-electron chi connectivity index (χ1n) is 5.64. The van der Waals surface area contributed by atoms with Gasteiger partial charge in [-0.3, -0.25) is 4.68 Å². The van der Waals surface area contributed by atoms with Crippen molar-refractivity contribution in [3.05, 3.63) is 46.2 Å². The van der Waals surface area contributed by atoms with Crippen molar-refractivity contribution in [2.75, 3.05) is 5.73 Å². The van der Waals surface area contributed by atoms with E-state index >= 15 is 0 Å². The highest BCUT2D eigenvalue weighted by molar-refractivity contribution is 9.10. The summed E-state index contributed by atoms with van der Waals surface area (Å²) in [6.07, 6.45) is 1.73. The van der Waals surface area contributed by atoms with Crippen molar-refractivity contribution in [1.82, 2.24) is 9.78 Å². The zero-order valence-corrected chi connectivity index (χ0v) is 11.6. The van der Waals surface area contributed by atoms with E-state index in [4.69, 9.17) is 5.73 Å². The van der Waals surface area contributed by atoms with E-state index < -0.39 is 0 Å². The zero-order chi connectivity index (χ0) is 12.4. The SMILES string of the molecule is CC(C)c1c(N)cnn1Cc1ccccc1Br. The summed E-state index contributed by atoms with van der Waals surface area (Å²) in [4.78, 5) is 0. The molecule has 4 heteroatoms. The van der Waals surface area contributed by atoms with Crippen LogP contribution in [0.4, 0.5) is 5.69 Å². The quantitative estimate of drug-likeness (QED) is 0.943. The fourth-order valence-corrected chi connectivity index (χ4v) is 2.36. The van der Waals surface area contributed by atoms with Gasteiger partial charge in [0.1, 0.15) is 0 Å². The summed E-state index contributed by atoms with van der Waals surface area (Å²) in [7, 11) is 0. The van der Waals surface area contributed by atoms with Gasteiger partial charge in [-0.2, -0.15) is 5.10 Å². The van der Waals surface area contributed by atoms with Gasteiger partial charge in [-0.05, 0) is 17.5 Å². The summed E-state index contributed by atoms with van der Waals surface area (Å²) in [6, 6.07) is 8.17. The lowest BCUT2D eigenvalue weighted by Gasteiger charge is -2.12. The molecule has 0 bridgehead atoms. The lowest BCUT2D eigenvalue weighted by Crippen LogP contribution is -2.09. The van der Waals surface area contributed by atoms with Crippen molar-refractivity contribution < 1.29 is 0 Å². The number of hydrogen-bond donors (Lipinski definition) is 1. The Kier molecular flexibility index (Phi) is 3.52. The number of rotatable bonds is 3. The minimum atomic E-state index is 0.375. The van der Waals surface area contributed by atoms with E-state index in [-0.39, 0.29) is 0 Å². The number of hydrogen-bond acceptors (Lipinski definition) is 2. The predicted octanol–water partition coefficient (Wildman–Crippen LogP) is 3.40. The van der Waals surface area contributed by atoms with E-state index in [0.29, 0.717) is 5.92 Å². The maximum atomic E-state index is 5.94. The highest BCUT2D eigenvalue weighted by Crippen LogP contribution is 2.24. The summed E-state index contributed by atoms with van der Waals surface area (Å²) >= 11 is 3.55. The van der Waals surface area contributed by atoms with Crippen molar-refractivity contribution >= 4 is 21.6 Å². The zero-order valence-electron chi connectivity index (χ0n) is 10.0. The van der Waals surface area contributed by atoms with Gasteiger partial charge in [0, 0.05) is 4.47 Å². The van der Waals surface area contributed by atoms with Crippen molar-refractivity contribution in [2.24, 2.45) is 0 Å². The van der Waals surface area contributed by atoms with Gasteiger partial charge in [-0.15, -0.1) is 0 Å². The Morgan fingerprint density at radius 3 is 2.71 bits per heavy atom. The second-order valence-electron chi connectivity index (χ2n) is 4.39. The van der Waals surface area contributed by atoms with Gasteiger partial charge < -0.3 is 5.73 Å². The molecule has 1 aromatic carbocycles. The minimum absolute atomic E-state index is 0.375. The van der Waals surface area contributed by atoms with Crippen LogP contribution < -0.4 is 5.73 Å². The third-order valence-corrected chi connectivity index (χ3v) is 3.51. The number of aromatic nitrogens is 2. The smallest absolute Gasteiger partial charge is 0.0735 e. The van der Waals surface area contributed by atoms with Gasteiger partial charge in [-0.25, -0.2) is 0 Å². The summed E-state index contributed by atoms with van der Waals surface area (Å²) in [5.41, 5.74) is 9.01. The van der Waals surface area contributed by atoms with Gasteiger partial charge in [0.2, 0.25) is 0 Å². The molecular formula is C13H16BrN3. The molecule has 0 aliphatic rings. The molecule has 0 saturated carbocycles. The predicted molar refractivity (Wildman–Crippen MR) is 74.0 cm³/mol. The maximum absolute atomic E-state index is 5.94. The van der Waals surface area contributed by atoms with Crippen molar-refractivity contribution in [1.29, 1.82) is 0 Å². The van der Waals surface area contributed by atoms with Crippen LogP contribution >= 0.6 is 15.9 Å². The Morgan fingerprint density at radius 2 is 2.06 bits per heavy atom. The highest BCUT2D eigenvalue weighted by Gasteiger charge is 2.12.